The maximum absolute atomic E-state index is 12.4. The number of thiophene rings is 1. The Morgan fingerprint density at radius 3 is 2.64 bits per heavy atom. The van der Waals surface area contributed by atoms with Gasteiger partial charge in [-0.25, -0.2) is 4.98 Å². The maximum atomic E-state index is 12.4. The van der Waals surface area contributed by atoms with Crippen molar-refractivity contribution < 1.29 is 9.53 Å². The van der Waals surface area contributed by atoms with Crippen LogP contribution in [0.3, 0.4) is 0 Å². The van der Waals surface area contributed by atoms with Gasteiger partial charge in [-0.15, -0.1) is 22.7 Å². The minimum Gasteiger partial charge on any atom is -0.378 e. The summed E-state index contributed by atoms with van der Waals surface area (Å²) in [5.41, 5.74) is 2.37. The second-order valence-corrected chi connectivity index (χ2v) is 7.42. The Balaban J connectivity index is 1.42. The van der Waals surface area contributed by atoms with E-state index in [0.29, 0.717) is 5.69 Å². The summed E-state index contributed by atoms with van der Waals surface area (Å²) in [6.07, 6.45) is 0. The Kier molecular flexibility index (Phi) is 4.78. The molecule has 1 fully saturated rings. The summed E-state index contributed by atoms with van der Waals surface area (Å²) in [5.74, 6) is -0.182. The largest absolute Gasteiger partial charge is 0.378 e. The van der Waals surface area contributed by atoms with Crippen LogP contribution in [0, 0.1) is 0 Å². The van der Waals surface area contributed by atoms with Gasteiger partial charge in [0.15, 0.2) is 0 Å². The van der Waals surface area contributed by atoms with Crippen LogP contribution in [0.2, 0.25) is 0 Å². The van der Waals surface area contributed by atoms with Gasteiger partial charge in [0.2, 0.25) is 0 Å². The van der Waals surface area contributed by atoms with Crippen LogP contribution in [0.15, 0.2) is 47.2 Å². The molecule has 1 N–H and O–H groups in total. The molecular weight excluding hydrogens is 354 g/mol. The summed E-state index contributed by atoms with van der Waals surface area (Å²) in [6, 6.07) is 11.9. The monoisotopic (exact) mass is 371 g/mol. The van der Waals surface area contributed by atoms with E-state index in [4.69, 9.17) is 4.74 Å². The molecule has 1 aromatic carbocycles. The molecule has 3 heterocycles. The molecule has 7 heteroatoms. The fraction of sp³-hybridized carbons (Fsp3) is 0.222. The van der Waals surface area contributed by atoms with Gasteiger partial charge in [-0.3, -0.25) is 4.79 Å². The number of anilines is 2. The molecule has 1 aliphatic rings. The number of hydrogen-bond acceptors (Lipinski definition) is 6. The van der Waals surface area contributed by atoms with Gasteiger partial charge in [-0.2, -0.15) is 0 Å². The summed E-state index contributed by atoms with van der Waals surface area (Å²) in [5, 5.41) is 7.59. The van der Waals surface area contributed by atoms with Crippen molar-refractivity contribution in [3.8, 4) is 9.88 Å². The summed E-state index contributed by atoms with van der Waals surface area (Å²) < 4.78 is 5.37. The summed E-state index contributed by atoms with van der Waals surface area (Å²) in [6.45, 7) is 3.32. The summed E-state index contributed by atoms with van der Waals surface area (Å²) in [7, 11) is 0. The van der Waals surface area contributed by atoms with Gasteiger partial charge in [-0.1, -0.05) is 6.07 Å². The normalized spacial score (nSPS) is 14.5. The van der Waals surface area contributed by atoms with Gasteiger partial charge in [0.05, 0.1) is 18.1 Å². The first-order valence-corrected chi connectivity index (χ1v) is 9.79. The van der Waals surface area contributed by atoms with Crippen LogP contribution in [-0.2, 0) is 4.74 Å². The molecule has 3 aromatic rings. The molecule has 0 unspecified atom stereocenters. The number of nitrogens with zero attached hydrogens (tertiary/aromatic N) is 2. The Hall–Kier alpha value is -2.22. The SMILES string of the molecule is O=C(Nc1ccc(N2CCOCC2)cc1)c1csc(-c2cccs2)n1. The fourth-order valence-electron chi connectivity index (χ4n) is 2.66. The van der Waals surface area contributed by atoms with Crippen LogP contribution < -0.4 is 10.2 Å². The van der Waals surface area contributed by atoms with E-state index in [1.807, 2.05) is 41.8 Å². The quantitative estimate of drug-likeness (QED) is 0.754. The number of nitrogens with one attached hydrogen (secondary N) is 1. The lowest BCUT2D eigenvalue weighted by Crippen LogP contribution is -2.36. The average molecular weight is 371 g/mol. The number of hydrogen-bond donors (Lipinski definition) is 1. The van der Waals surface area contributed by atoms with E-state index in [-0.39, 0.29) is 5.91 Å². The molecule has 0 bridgehead atoms. The molecule has 1 aliphatic heterocycles. The van der Waals surface area contributed by atoms with Gasteiger partial charge in [0, 0.05) is 29.8 Å². The van der Waals surface area contributed by atoms with Gasteiger partial charge >= 0.3 is 0 Å². The minimum absolute atomic E-state index is 0.182. The molecule has 1 amide bonds. The molecule has 25 heavy (non-hydrogen) atoms. The standard InChI is InChI=1S/C18H17N3O2S2/c22-17(15-12-25-18(20-15)16-2-1-11-24-16)19-13-3-5-14(6-4-13)21-7-9-23-10-8-21/h1-6,11-12H,7-10H2,(H,19,22). The molecular formula is C18H17N3O2S2. The first kappa shape index (κ1) is 16.3. The first-order valence-electron chi connectivity index (χ1n) is 8.03. The second kappa shape index (κ2) is 7.35. The third kappa shape index (κ3) is 3.73. The maximum Gasteiger partial charge on any atom is 0.275 e. The average Bonchev–Trinajstić information content (AvgIpc) is 3.35. The highest BCUT2D eigenvalue weighted by atomic mass is 32.1. The van der Waals surface area contributed by atoms with Crippen LogP contribution in [0.25, 0.3) is 9.88 Å². The fourth-order valence-corrected chi connectivity index (χ4v) is 4.28. The van der Waals surface area contributed by atoms with Crippen LogP contribution in [0.4, 0.5) is 11.4 Å². The number of benzene rings is 1. The van der Waals surface area contributed by atoms with Crippen molar-refractivity contribution in [3.63, 3.8) is 0 Å². The van der Waals surface area contributed by atoms with E-state index in [0.717, 1.165) is 47.6 Å². The lowest BCUT2D eigenvalue weighted by molar-refractivity contribution is 0.102. The summed E-state index contributed by atoms with van der Waals surface area (Å²) in [4.78, 5) is 20.2. The molecule has 2 aromatic heterocycles. The van der Waals surface area contributed by atoms with E-state index in [1.54, 1.807) is 16.7 Å². The van der Waals surface area contributed by atoms with Crippen molar-refractivity contribution in [2.45, 2.75) is 0 Å². The number of amides is 1. The van der Waals surface area contributed by atoms with Crippen LogP contribution >= 0.6 is 22.7 Å². The highest BCUT2D eigenvalue weighted by Gasteiger charge is 2.14. The number of aromatic nitrogens is 1. The highest BCUT2D eigenvalue weighted by Crippen LogP contribution is 2.28. The highest BCUT2D eigenvalue weighted by molar-refractivity contribution is 7.20. The lowest BCUT2D eigenvalue weighted by atomic mass is 10.2. The Labute approximate surface area is 153 Å². The van der Waals surface area contributed by atoms with Gasteiger partial charge in [-0.05, 0) is 35.7 Å². The van der Waals surface area contributed by atoms with Gasteiger partial charge in [0.25, 0.3) is 5.91 Å². The first-order chi connectivity index (χ1) is 12.3. The number of thiazole rings is 1. The van der Waals surface area contributed by atoms with E-state index in [1.165, 1.54) is 11.3 Å². The molecule has 4 rings (SSSR count). The van der Waals surface area contributed by atoms with E-state index < -0.39 is 0 Å². The smallest absolute Gasteiger partial charge is 0.275 e. The number of ether oxygens (including phenoxy) is 1. The van der Waals surface area contributed by atoms with Crippen molar-refractivity contribution in [2.24, 2.45) is 0 Å². The molecule has 5 nitrogen and oxygen atoms in total. The number of carbonyl (C=O) groups excluding carboxylic acids is 1. The molecule has 0 radical (unpaired) electrons. The van der Waals surface area contributed by atoms with E-state index in [9.17, 15) is 4.79 Å². The van der Waals surface area contributed by atoms with Gasteiger partial charge < -0.3 is 15.0 Å². The molecule has 128 valence electrons. The van der Waals surface area contributed by atoms with Crippen molar-refractivity contribution in [1.29, 1.82) is 0 Å². The van der Waals surface area contributed by atoms with Crippen molar-refractivity contribution in [2.75, 3.05) is 36.5 Å². The lowest BCUT2D eigenvalue weighted by Gasteiger charge is -2.28. The second-order valence-electron chi connectivity index (χ2n) is 5.62. The molecule has 1 saturated heterocycles. The molecule has 0 saturated carbocycles. The molecule has 0 atom stereocenters. The predicted octanol–water partition coefficient (Wildman–Crippen LogP) is 3.96. The van der Waals surface area contributed by atoms with Crippen LogP contribution in [-0.4, -0.2) is 37.2 Å². The molecule has 0 aliphatic carbocycles. The van der Waals surface area contributed by atoms with E-state index in [2.05, 4.69) is 15.2 Å². The third-order valence-electron chi connectivity index (χ3n) is 3.97. The van der Waals surface area contributed by atoms with Crippen molar-refractivity contribution >= 4 is 40.0 Å². The minimum atomic E-state index is -0.182. The number of morpholine rings is 1. The summed E-state index contributed by atoms with van der Waals surface area (Å²) >= 11 is 3.11. The number of rotatable bonds is 4. The Morgan fingerprint density at radius 1 is 1.12 bits per heavy atom. The molecule has 0 spiro atoms. The third-order valence-corrected chi connectivity index (χ3v) is 5.85. The topological polar surface area (TPSA) is 54.5 Å². The van der Waals surface area contributed by atoms with E-state index >= 15 is 0 Å². The zero-order valence-electron chi connectivity index (χ0n) is 13.5. The predicted molar refractivity (Wildman–Crippen MR) is 103 cm³/mol. The van der Waals surface area contributed by atoms with Crippen LogP contribution in [0.1, 0.15) is 10.5 Å². The van der Waals surface area contributed by atoms with Gasteiger partial charge in [0.1, 0.15) is 10.7 Å². The Morgan fingerprint density at radius 2 is 1.92 bits per heavy atom. The van der Waals surface area contributed by atoms with Crippen molar-refractivity contribution in [1.82, 2.24) is 4.98 Å². The van der Waals surface area contributed by atoms with Crippen molar-refractivity contribution in [3.05, 3.63) is 52.9 Å². The number of carbonyl (C=O) groups is 1. The zero-order valence-corrected chi connectivity index (χ0v) is 15.1. The Bertz CT molecular complexity index is 838. The zero-order chi connectivity index (χ0) is 17.1. The van der Waals surface area contributed by atoms with Crippen LogP contribution in [0.5, 0.6) is 0 Å².